The molecule has 29 heavy (non-hydrogen) atoms. The van der Waals surface area contributed by atoms with Crippen molar-refractivity contribution >= 4 is 29.0 Å². The second-order valence-corrected chi connectivity index (χ2v) is 7.02. The van der Waals surface area contributed by atoms with Gasteiger partial charge in [-0.3, -0.25) is 9.59 Å². The zero-order chi connectivity index (χ0) is 20.2. The van der Waals surface area contributed by atoms with Gasteiger partial charge in [0, 0.05) is 26.1 Å². The molecule has 0 spiro atoms. The van der Waals surface area contributed by atoms with E-state index in [0.717, 1.165) is 18.9 Å². The van der Waals surface area contributed by atoms with Gasteiger partial charge in [0.15, 0.2) is 6.10 Å². The zero-order valence-corrected chi connectivity index (χ0v) is 16.3. The number of ether oxygens (including phenoxy) is 2. The summed E-state index contributed by atoms with van der Waals surface area (Å²) < 4.78 is 11.0. The molecule has 1 N–H and O–H groups in total. The minimum atomic E-state index is -0.565. The Balaban J connectivity index is 1.35. The molecular formula is C21H24N4O4. The quantitative estimate of drug-likeness (QED) is 0.833. The molecule has 1 aromatic carbocycles. The Morgan fingerprint density at radius 3 is 2.76 bits per heavy atom. The van der Waals surface area contributed by atoms with Crippen molar-refractivity contribution in [3.8, 4) is 5.75 Å². The summed E-state index contributed by atoms with van der Waals surface area (Å²) in [4.78, 5) is 33.1. The predicted molar refractivity (Wildman–Crippen MR) is 109 cm³/mol. The summed E-state index contributed by atoms with van der Waals surface area (Å²) in [7, 11) is 0. The maximum absolute atomic E-state index is 12.5. The minimum absolute atomic E-state index is 0.145. The summed E-state index contributed by atoms with van der Waals surface area (Å²) in [6.07, 6.45) is 1.27. The van der Waals surface area contributed by atoms with Gasteiger partial charge in [0.05, 0.1) is 30.8 Å². The third kappa shape index (κ3) is 4.32. The Bertz CT molecular complexity index is 881. The molecule has 1 fully saturated rings. The van der Waals surface area contributed by atoms with E-state index in [1.165, 1.54) is 0 Å². The van der Waals surface area contributed by atoms with Gasteiger partial charge in [0.25, 0.3) is 5.91 Å². The number of para-hydroxylation sites is 2. The fourth-order valence-corrected chi connectivity index (χ4v) is 3.47. The number of morpholine rings is 1. The molecule has 1 atom stereocenters. The van der Waals surface area contributed by atoms with Crippen LogP contribution in [-0.4, -0.2) is 55.8 Å². The molecular weight excluding hydrogens is 372 g/mol. The minimum Gasteiger partial charge on any atom is -0.479 e. The van der Waals surface area contributed by atoms with Crippen LogP contribution in [-0.2, 0) is 14.3 Å². The number of carbonyl (C=O) groups is 2. The number of benzene rings is 1. The van der Waals surface area contributed by atoms with Crippen molar-refractivity contribution in [1.82, 2.24) is 4.98 Å². The molecule has 0 saturated carbocycles. The van der Waals surface area contributed by atoms with Crippen molar-refractivity contribution in [1.29, 1.82) is 0 Å². The Kier molecular flexibility index (Phi) is 5.62. The van der Waals surface area contributed by atoms with Crippen LogP contribution in [0.2, 0.25) is 0 Å². The first-order chi connectivity index (χ1) is 14.1. The number of anilines is 3. The van der Waals surface area contributed by atoms with Gasteiger partial charge in [-0.05, 0) is 31.2 Å². The molecule has 1 aromatic heterocycles. The van der Waals surface area contributed by atoms with E-state index in [4.69, 9.17) is 9.47 Å². The molecule has 2 aliphatic heterocycles. The van der Waals surface area contributed by atoms with Crippen molar-refractivity contribution in [3.63, 3.8) is 0 Å². The third-order valence-corrected chi connectivity index (χ3v) is 5.00. The summed E-state index contributed by atoms with van der Waals surface area (Å²) in [6, 6.07) is 11.1. The van der Waals surface area contributed by atoms with Gasteiger partial charge >= 0.3 is 0 Å². The molecule has 8 heteroatoms. The van der Waals surface area contributed by atoms with Gasteiger partial charge in [0.1, 0.15) is 11.6 Å². The van der Waals surface area contributed by atoms with E-state index >= 15 is 0 Å². The molecule has 4 rings (SSSR count). The van der Waals surface area contributed by atoms with Crippen LogP contribution in [0.3, 0.4) is 0 Å². The van der Waals surface area contributed by atoms with Crippen LogP contribution < -0.4 is 19.9 Å². The molecule has 152 valence electrons. The van der Waals surface area contributed by atoms with Gasteiger partial charge in [-0.15, -0.1) is 0 Å². The lowest BCUT2D eigenvalue weighted by Crippen LogP contribution is -2.45. The van der Waals surface area contributed by atoms with E-state index in [1.807, 2.05) is 36.4 Å². The molecule has 8 nitrogen and oxygen atoms in total. The molecule has 0 radical (unpaired) electrons. The van der Waals surface area contributed by atoms with Crippen LogP contribution in [0, 0.1) is 0 Å². The van der Waals surface area contributed by atoms with Gasteiger partial charge in [-0.2, -0.15) is 0 Å². The van der Waals surface area contributed by atoms with Crippen molar-refractivity contribution in [2.45, 2.75) is 19.4 Å². The number of pyridine rings is 1. The van der Waals surface area contributed by atoms with Gasteiger partial charge < -0.3 is 24.6 Å². The fourth-order valence-electron chi connectivity index (χ4n) is 3.47. The molecule has 2 amide bonds. The molecule has 0 bridgehead atoms. The number of aromatic nitrogens is 1. The van der Waals surface area contributed by atoms with Crippen LogP contribution in [0.1, 0.15) is 13.3 Å². The topological polar surface area (TPSA) is 84.0 Å². The second-order valence-electron chi connectivity index (χ2n) is 7.02. The highest BCUT2D eigenvalue weighted by atomic mass is 16.5. The van der Waals surface area contributed by atoms with E-state index in [9.17, 15) is 9.59 Å². The summed E-state index contributed by atoms with van der Waals surface area (Å²) in [5, 5.41) is 2.85. The number of hydrogen-bond acceptors (Lipinski definition) is 6. The normalized spacial score (nSPS) is 18.8. The smallest absolute Gasteiger partial charge is 0.267 e. The van der Waals surface area contributed by atoms with Crippen LogP contribution >= 0.6 is 0 Å². The first-order valence-electron chi connectivity index (χ1n) is 9.77. The lowest BCUT2D eigenvalue weighted by Gasteiger charge is -2.32. The summed E-state index contributed by atoms with van der Waals surface area (Å²) in [6.45, 7) is 5.02. The zero-order valence-electron chi connectivity index (χ0n) is 16.3. The van der Waals surface area contributed by atoms with E-state index < -0.39 is 6.10 Å². The van der Waals surface area contributed by atoms with Crippen molar-refractivity contribution in [2.75, 3.05) is 48.0 Å². The van der Waals surface area contributed by atoms with Crippen molar-refractivity contribution in [2.24, 2.45) is 0 Å². The average Bonchev–Trinajstić information content (AvgIpc) is 2.75. The fraction of sp³-hybridized carbons (Fsp3) is 0.381. The van der Waals surface area contributed by atoms with Crippen LogP contribution in [0.25, 0.3) is 0 Å². The van der Waals surface area contributed by atoms with Crippen LogP contribution in [0.4, 0.5) is 17.2 Å². The van der Waals surface area contributed by atoms with E-state index in [0.29, 0.717) is 30.3 Å². The molecule has 2 aliphatic rings. The lowest BCUT2D eigenvalue weighted by molar-refractivity contribution is -0.125. The second kappa shape index (κ2) is 8.48. The highest BCUT2D eigenvalue weighted by molar-refractivity contribution is 6.00. The number of nitrogens with zero attached hydrogens (tertiary/aromatic N) is 3. The predicted octanol–water partition coefficient (Wildman–Crippen LogP) is 2.06. The third-order valence-electron chi connectivity index (χ3n) is 5.00. The van der Waals surface area contributed by atoms with Crippen LogP contribution in [0.5, 0.6) is 5.75 Å². The summed E-state index contributed by atoms with van der Waals surface area (Å²) in [5.41, 5.74) is 1.33. The molecule has 1 saturated heterocycles. The van der Waals surface area contributed by atoms with Crippen molar-refractivity contribution in [3.05, 3.63) is 42.6 Å². The summed E-state index contributed by atoms with van der Waals surface area (Å²) >= 11 is 0. The Labute approximate surface area is 169 Å². The number of fused-ring (bicyclic) bond motifs is 1. The Morgan fingerprint density at radius 2 is 2.00 bits per heavy atom. The summed E-state index contributed by atoms with van der Waals surface area (Å²) in [5.74, 6) is 1.21. The standard InChI is InChI=1S/C21H24N4O4/c1-15-21(27)25(17-4-2-3-5-18(17)29-15)9-8-20(26)23-16-6-7-19(22-14-16)24-10-12-28-13-11-24/h2-7,14-15H,8-13H2,1H3,(H,23,26). The van der Waals surface area contributed by atoms with E-state index in [-0.39, 0.29) is 24.8 Å². The highest BCUT2D eigenvalue weighted by Gasteiger charge is 2.31. The Morgan fingerprint density at radius 1 is 1.21 bits per heavy atom. The molecule has 2 aromatic rings. The number of carbonyl (C=O) groups excluding carboxylic acids is 2. The van der Waals surface area contributed by atoms with E-state index in [2.05, 4.69) is 15.2 Å². The molecule has 1 unspecified atom stereocenters. The molecule has 0 aliphatic carbocycles. The monoisotopic (exact) mass is 396 g/mol. The molecule has 3 heterocycles. The number of amides is 2. The SMILES string of the molecule is CC1Oc2ccccc2N(CCC(=O)Nc2ccc(N3CCOCC3)nc2)C1=O. The van der Waals surface area contributed by atoms with Gasteiger partial charge in [-0.25, -0.2) is 4.98 Å². The average molecular weight is 396 g/mol. The number of rotatable bonds is 5. The first-order valence-corrected chi connectivity index (χ1v) is 9.77. The van der Waals surface area contributed by atoms with Gasteiger partial charge in [0.2, 0.25) is 5.91 Å². The largest absolute Gasteiger partial charge is 0.479 e. The first kappa shape index (κ1) is 19.2. The number of hydrogen-bond donors (Lipinski definition) is 1. The Hall–Kier alpha value is -3.13. The number of nitrogens with one attached hydrogen (secondary N) is 1. The van der Waals surface area contributed by atoms with Crippen molar-refractivity contribution < 1.29 is 19.1 Å². The highest BCUT2D eigenvalue weighted by Crippen LogP contribution is 2.33. The maximum Gasteiger partial charge on any atom is 0.267 e. The van der Waals surface area contributed by atoms with E-state index in [1.54, 1.807) is 18.0 Å². The lowest BCUT2D eigenvalue weighted by atomic mass is 10.1. The van der Waals surface area contributed by atoms with Gasteiger partial charge in [-0.1, -0.05) is 12.1 Å². The maximum atomic E-state index is 12.5. The van der Waals surface area contributed by atoms with Crippen LogP contribution in [0.15, 0.2) is 42.6 Å².